The van der Waals surface area contributed by atoms with Crippen molar-refractivity contribution in [3.05, 3.63) is 11.6 Å². The Morgan fingerprint density at radius 3 is 2.29 bits per heavy atom. The average Bonchev–Trinajstić information content (AvgIpc) is 2.89. The fourth-order valence-electron chi connectivity index (χ4n) is 3.66. The Bertz CT molecular complexity index is 455. The van der Waals surface area contributed by atoms with Gasteiger partial charge in [0.2, 0.25) is 11.8 Å². The highest BCUT2D eigenvalue weighted by Crippen LogP contribution is 2.60. The van der Waals surface area contributed by atoms with Gasteiger partial charge in [-0.1, -0.05) is 25.5 Å². The zero-order valence-corrected chi connectivity index (χ0v) is 13.7. The summed E-state index contributed by atoms with van der Waals surface area (Å²) >= 11 is 0. The molecule has 1 saturated carbocycles. The maximum absolute atomic E-state index is 12.7. The summed E-state index contributed by atoms with van der Waals surface area (Å²) < 4.78 is 0. The number of allylic oxidation sites excluding steroid dienone is 2. The molecule has 2 atom stereocenters. The standard InChI is InChI=1S/C17H28N2O2/c1-11(2)9-13-15(17(13,3)4)16(21)19-7-5-12(6-8-19)10-14(18)20/h9,12-13,15H,5-8,10H2,1-4H3,(H2,18,20)/t13-,15+/m0/s1. The van der Waals surface area contributed by atoms with Crippen molar-refractivity contribution in [3.8, 4) is 0 Å². The van der Waals surface area contributed by atoms with Gasteiger partial charge in [0.05, 0.1) is 5.92 Å². The summed E-state index contributed by atoms with van der Waals surface area (Å²) in [7, 11) is 0. The number of piperidine rings is 1. The molecule has 0 unspecified atom stereocenters. The first-order valence-corrected chi connectivity index (χ1v) is 7.95. The molecule has 0 aromatic rings. The Morgan fingerprint density at radius 1 is 1.24 bits per heavy atom. The summed E-state index contributed by atoms with van der Waals surface area (Å²) in [5.41, 5.74) is 6.61. The number of amides is 2. The third-order valence-corrected chi connectivity index (χ3v) is 5.11. The maximum Gasteiger partial charge on any atom is 0.226 e. The third-order valence-electron chi connectivity index (χ3n) is 5.11. The summed E-state index contributed by atoms with van der Waals surface area (Å²) in [6, 6.07) is 0. The molecule has 2 rings (SSSR count). The lowest BCUT2D eigenvalue weighted by Crippen LogP contribution is -2.40. The van der Waals surface area contributed by atoms with E-state index in [1.165, 1.54) is 5.57 Å². The number of rotatable bonds is 4. The van der Waals surface area contributed by atoms with Gasteiger partial charge in [0.1, 0.15) is 0 Å². The molecular weight excluding hydrogens is 264 g/mol. The number of nitrogens with zero attached hydrogens (tertiary/aromatic N) is 1. The Labute approximate surface area is 127 Å². The first-order chi connectivity index (χ1) is 9.73. The van der Waals surface area contributed by atoms with Crippen LogP contribution in [0.3, 0.4) is 0 Å². The van der Waals surface area contributed by atoms with Gasteiger partial charge >= 0.3 is 0 Å². The number of carbonyl (C=O) groups is 2. The van der Waals surface area contributed by atoms with E-state index in [0.717, 1.165) is 25.9 Å². The fourth-order valence-corrected chi connectivity index (χ4v) is 3.66. The van der Waals surface area contributed by atoms with Crippen molar-refractivity contribution < 1.29 is 9.59 Å². The maximum atomic E-state index is 12.7. The van der Waals surface area contributed by atoms with Crippen LogP contribution in [0.2, 0.25) is 0 Å². The molecule has 0 radical (unpaired) electrons. The highest BCUT2D eigenvalue weighted by Gasteiger charge is 2.61. The van der Waals surface area contributed by atoms with Crippen molar-refractivity contribution >= 4 is 11.8 Å². The number of primary amides is 1. The molecule has 2 aliphatic rings. The van der Waals surface area contributed by atoms with Gasteiger partial charge in [-0.05, 0) is 43.9 Å². The second kappa shape index (κ2) is 5.82. The van der Waals surface area contributed by atoms with Gasteiger partial charge < -0.3 is 10.6 Å². The normalized spacial score (nSPS) is 28.1. The van der Waals surface area contributed by atoms with E-state index in [2.05, 4.69) is 33.8 Å². The number of hydrogen-bond acceptors (Lipinski definition) is 2. The van der Waals surface area contributed by atoms with Gasteiger partial charge in [0, 0.05) is 19.5 Å². The molecule has 4 nitrogen and oxygen atoms in total. The molecule has 0 aromatic carbocycles. The SMILES string of the molecule is CC(C)=C[C@H]1[C@H](C(=O)N2CCC(CC(N)=O)CC2)C1(C)C. The van der Waals surface area contributed by atoms with E-state index < -0.39 is 0 Å². The molecule has 118 valence electrons. The van der Waals surface area contributed by atoms with E-state index in [-0.39, 0.29) is 17.2 Å². The van der Waals surface area contributed by atoms with Crippen molar-refractivity contribution in [2.75, 3.05) is 13.1 Å². The molecule has 1 aliphatic heterocycles. The van der Waals surface area contributed by atoms with Crippen molar-refractivity contribution in [2.24, 2.45) is 28.9 Å². The minimum atomic E-state index is -0.230. The molecule has 1 aliphatic carbocycles. The summed E-state index contributed by atoms with van der Waals surface area (Å²) in [6.07, 6.45) is 4.49. The van der Waals surface area contributed by atoms with Crippen LogP contribution < -0.4 is 5.73 Å². The van der Waals surface area contributed by atoms with Gasteiger partial charge in [-0.3, -0.25) is 9.59 Å². The average molecular weight is 292 g/mol. The van der Waals surface area contributed by atoms with Gasteiger partial charge in [-0.2, -0.15) is 0 Å². The topological polar surface area (TPSA) is 63.4 Å². The summed E-state index contributed by atoms with van der Waals surface area (Å²) in [6.45, 7) is 10.1. The summed E-state index contributed by atoms with van der Waals surface area (Å²) in [5.74, 6) is 0.914. The molecule has 2 amide bonds. The zero-order valence-electron chi connectivity index (χ0n) is 13.7. The van der Waals surface area contributed by atoms with Crippen LogP contribution in [0, 0.1) is 23.2 Å². The lowest BCUT2D eigenvalue weighted by Gasteiger charge is -2.32. The number of carbonyl (C=O) groups excluding carboxylic acids is 2. The molecule has 0 aromatic heterocycles. The predicted octanol–water partition coefficient (Wildman–Crippen LogP) is 2.34. The second-order valence-electron chi connectivity index (χ2n) is 7.51. The van der Waals surface area contributed by atoms with Crippen molar-refractivity contribution in [2.45, 2.75) is 47.0 Å². The quantitative estimate of drug-likeness (QED) is 0.808. The van der Waals surface area contributed by atoms with Gasteiger partial charge in [0.15, 0.2) is 0 Å². The van der Waals surface area contributed by atoms with Crippen LogP contribution >= 0.6 is 0 Å². The monoisotopic (exact) mass is 292 g/mol. The lowest BCUT2D eigenvalue weighted by atomic mass is 9.93. The molecule has 1 heterocycles. The zero-order chi connectivity index (χ0) is 15.8. The van der Waals surface area contributed by atoms with E-state index in [4.69, 9.17) is 5.73 Å². The Hall–Kier alpha value is -1.32. The van der Waals surface area contributed by atoms with Gasteiger partial charge in [0.25, 0.3) is 0 Å². The number of hydrogen-bond donors (Lipinski definition) is 1. The minimum Gasteiger partial charge on any atom is -0.370 e. The highest BCUT2D eigenvalue weighted by atomic mass is 16.2. The van der Waals surface area contributed by atoms with E-state index in [1.807, 2.05) is 4.90 Å². The van der Waals surface area contributed by atoms with Crippen LogP contribution in [-0.2, 0) is 9.59 Å². The highest BCUT2D eigenvalue weighted by molar-refractivity contribution is 5.84. The Balaban J connectivity index is 1.91. The molecule has 21 heavy (non-hydrogen) atoms. The predicted molar refractivity (Wildman–Crippen MR) is 83.3 cm³/mol. The first-order valence-electron chi connectivity index (χ1n) is 7.95. The largest absolute Gasteiger partial charge is 0.370 e. The fraction of sp³-hybridized carbons (Fsp3) is 0.765. The van der Waals surface area contributed by atoms with E-state index in [0.29, 0.717) is 24.2 Å². The van der Waals surface area contributed by atoms with Crippen LogP contribution in [0.15, 0.2) is 11.6 Å². The molecule has 4 heteroatoms. The van der Waals surface area contributed by atoms with Gasteiger partial charge in [-0.15, -0.1) is 0 Å². The molecule has 0 bridgehead atoms. The second-order valence-corrected chi connectivity index (χ2v) is 7.51. The smallest absolute Gasteiger partial charge is 0.226 e. The number of nitrogens with two attached hydrogens (primary N) is 1. The van der Waals surface area contributed by atoms with E-state index >= 15 is 0 Å². The summed E-state index contributed by atoms with van der Waals surface area (Å²) in [4.78, 5) is 25.7. The molecule has 2 N–H and O–H groups in total. The third kappa shape index (κ3) is 3.47. The van der Waals surface area contributed by atoms with Gasteiger partial charge in [-0.25, -0.2) is 0 Å². The van der Waals surface area contributed by atoms with E-state index in [1.54, 1.807) is 0 Å². The Morgan fingerprint density at radius 2 is 1.81 bits per heavy atom. The number of likely N-dealkylation sites (tertiary alicyclic amines) is 1. The lowest BCUT2D eigenvalue weighted by molar-refractivity contribution is -0.135. The molecule has 1 saturated heterocycles. The molecular formula is C17H28N2O2. The van der Waals surface area contributed by atoms with Crippen molar-refractivity contribution in [3.63, 3.8) is 0 Å². The van der Waals surface area contributed by atoms with Crippen molar-refractivity contribution in [1.82, 2.24) is 4.90 Å². The van der Waals surface area contributed by atoms with Crippen LogP contribution in [0.1, 0.15) is 47.0 Å². The summed E-state index contributed by atoms with van der Waals surface area (Å²) in [5, 5.41) is 0. The first kappa shape index (κ1) is 16.1. The molecule has 2 fully saturated rings. The van der Waals surface area contributed by atoms with Crippen LogP contribution in [0.4, 0.5) is 0 Å². The van der Waals surface area contributed by atoms with Crippen LogP contribution in [0.5, 0.6) is 0 Å². The Kier molecular flexibility index (Phi) is 4.45. The minimum absolute atomic E-state index is 0.0818. The molecule has 0 spiro atoms. The van der Waals surface area contributed by atoms with E-state index in [9.17, 15) is 9.59 Å². The van der Waals surface area contributed by atoms with Crippen LogP contribution in [-0.4, -0.2) is 29.8 Å². The van der Waals surface area contributed by atoms with Crippen molar-refractivity contribution in [1.29, 1.82) is 0 Å². The van der Waals surface area contributed by atoms with Crippen LogP contribution in [0.25, 0.3) is 0 Å².